The first-order chi connectivity index (χ1) is 7.30. The lowest BCUT2D eigenvalue weighted by atomic mass is 9.96. The van der Waals surface area contributed by atoms with Gasteiger partial charge in [-0.25, -0.2) is 4.98 Å². The lowest BCUT2D eigenvalue weighted by molar-refractivity contribution is 0.405. The number of hydrogen-bond acceptors (Lipinski definition) is 3. The van der Waals surface area contributed by atoms with Crippen molar-refractivity contribution in [1.82, 2.24) is 9.97 Å². The summed E-state index contributed by atoms with van der Waals surface area (Å²) in [6.45, 7) is 6.04. The second-order valence-electron chi connectivity index (χ2n) is 4.79. The number of halogens is 1. The lowest BCUT2D eigenvalue weighted by Crippen LogP contribution is -2.12. The van der Waals surface area contributed by atoms with E-state index in [1.807, 2.05) is 20.8 Å². The molecule has 0 aliphatic rings. The van der Waals surface area contributed by atoms with Crippen molar-refractivity contribution in [2.24, 2.45) is 0 Å². The number of phenolic OH excluding ortho intramolecular Hbond substituents is 2. The van der Waals surface area contributed by atoms with Crippen LogP contribution in [0.25, 0.3) is 11.0 Å². The quantitative estimate of drug-likeness (QED) is 0.620. The largest absolute Gasteiger partial charge is 0.504 e. The molecule has 0 aliphatic heterocycles. The molecule has 1 aromatic heterocycles. The Morgan fingerprint density at radius 1 is 1.31 bits per heavy atom. The maximum Gasteiger partial charge on any atom is 0.178 e. The van der Waals surface area contributed by atoms with Gasteiger partial charge in [0.2, 0.25) is 0 Å². The first-order valence-electron chi connectivity index (χ1n) is 4.91. The van der Waals surface area contributed by atoms with E-state index in [0.29, 0.717) is 11.0 Å². The van der Waals surface area contributed by atoms with Gasteiger partial charge in [0.25, 0.3) is 0 Å². The zero-order chi connectivity index (χ0) is 12.1. The smallest absolute Gasteiger partial charge is 0.178 e. The molecule has 0 saturated heterocycles. The molecule has 1 aromatic carbocycles. The Kier molecular flexibility index (Phi) is 2.27. The van der Waals surface area contributed by atoms with Crippen molar-refractivity contribution < 1.29 is 10.2 Å². The number of H-pyrrole nitrogens is 1. The van der Waals surface area contributed by atoms with Gasteiger partial charge < -0.3 is 15.2 Å². The molecule has 0 aliphatic carbocycles. The van der Waals surface area contributed by atoms with Gasteiger partial charge in [0.1, 0.15) is 10.8 Å². The molecule has 1 heterocycles. The first kappa shape index (κ1) is 11.1. The average Bonchev–Trinajstić information content (AvgIpc) is 2.57. The van der Waals surface area contributed by atoms with Crippen LogP contribution in [0.1, 0.15) is 26.6 Å². The van der Waals surface area contributed by atoms with E-state index < -0.39 is 0 Å². The second-order valence-corrected chi connectivity index (χ2v) is 5.17. The fourth-order valence-corrected chi connectivity index (χ4v) is 1.68. The molecule has 0 atom stereocenters. The Balaban J connectivity index is 2.77. The van der Waals surface area contributed by atoms with E-state index in [4.69, 9.17) is 11.6 Å². The molecule has 4 nitrogen and oxygen atoms in total. The van der Waals surface area contributed by atoms with E-state index in [2.05, 4.69) is 9.97 Å². The molecule has 2 rings (SSSR count). The number of fused-ring (bicyclic) bond motifs is 1. The normalized spacial score (nSPS) is 12.2. The van der Waals surface area contributed by atoms with Crippen molar-refractivity contribution in [2.75, 3.05) is 0 Å². The van der Waals surface area contributed by atoms with Crippen molar-refractivity contribution in [3.05, 3.63) is 16.9 Å². The predicted molar refractivity (Wildman–Crippen MR) is 63.1 cm³/mol. The highest BCUT2D eigenvalue weighted by Gasteiger charge is 2.21. The molecule has 2 aromatic rings. The number of aromatic nitrogens is 2. The van der Waals surface area contributed by atoms with Crippen LogP contribution in [0, 0.1) is 0 Å². The summed E-state index contributed by atoms with van der Waals surface area (Å²) >= 11 is 5.91. The minimum Gasteiger partial charge on any atom is -0.504 e. The third kappa shape index (κ3) is 1.59. The summed E-state index contributed by atoms with van der Waals surface area (Å²) < 4.78 is 0. The number of imidazole rings is 1. The summed E-state index contributed by atoms with van der Waals surface area (Å²) in [5, 5.41) is 19.0. The Morgan fingerprint density at radius 2 is 1.94 bits per heavy atom. The van der Waals surface area contributed by atoms with Crippen LogP contribution in [0.3, 0.4) is 0 Å². The maximum absolute atomic E-state index is 9.49. The Labute approximate surface area is 97.9 Å². The topological polar surface area (TPSA) is 69.1 Å². The van der Waals surface area contributed by atoms with Crippen molar-refractivity contribution >= 4 is 22.6 Å². The maximum atomic E-state index is 9.49. The average molecular weight is 241 g/mol. The van der Waals surface area contributed by atoms with E-state index in [1.54, 1.807) is 0 Å². The Bertz CT molecular complexity index is 555. The fraction of sp³-hybridized carbons (Fsp3) is 0.364. The molecule has 0 amide bonds. The fourth-order valence-electron chi connectivity index (χ4n) is 1.44. The SMILES string of the molecule is CC(C)(C)c1nc2cc(O)c(O)c(Cl)c2[nH]1. The number of aromatic hydroxyl groups is 2. The van der Waals surface area contributed by atoms with Crippen molar-refractivity contribution in [3.63, 3.8) is 0 Å². The number of nitrogens with one attached hydrogen (secondary N) is 1. The van der Waals surface area contributed by atoms with Crippen molar-refractivity contribution in [1.29, 1.82) is 0 Å². The van der Waals surface area contributed by atoms with E-state index in [-0.39, 0.29) is 21.9 Å². The van der Waals surface area contributed by atoms with Gasteiger partial charge >= 0.3 is 0 Å². The van der Waals surface area contributed by atoms with Gasteiger partial charge in [-0.05, 0) is 0 Å². The zero-order valence-corrected chi connectivity index (χ0v) is 10.1. The minimum atomic E-state index is -0.321. The molecule has 0 saturated carbocycles. The molecule has 0 spiro atoms. The summed E-state index contributed by atoms with van der Waals surface area (Å²) in [6, 6.07) is 1.39. The minimum absolute atomic E-state index is 0.0954. The Hall–Kier alpha value is -1.42. The van der Waals surface area contributed by atoms with Gasteiger partial charge in [-0.1, -0.05) is 32.4 Å². The Morgan fingerprint density at radius 3 is 2.50 bits per heavy atom. The monoisotopic (exact) mass is 240 g/mol. The third-order valence-corrected chi connectivity index (χ3v) is 2.75. The number of nitrogens with zero attached hydrogens (tertiary/aromatic N) is 1. The summed E-state index contributed by atoms with van der Waals surface area (Å²) in [5.41, 5.74) is 0.945. The molecule has 5 heteroatoms. The van der Waals surface area contributed by atoms with E-state index in [0.717, 1.165) is 5.82 Å². The predicted octanol–water partition coefficient (Wildman–Crippen LogP) is 2.93. The van der Waals surface area contributed by atoms with Crippen LogP contribution in [0.4, 0.5) is 0 Å². The standard InChI is InChI=1S/C11H13ClN2O2/c1-11(2,3)10-13-5-4-6(15)9(16)7(12)8(5)14-10/h4,15-16H,1-3H3,(H,13,14). The van der Waals surface area contributed by atoms with Gasteiger partial charge in [0, 0.05) is 11.5 Å². The molecule has 0 bridgehead atoms. The second kappa shape index (κ2) is 3.28. The van der Waals surface area contributed by atoms with Gasteiger partial charge in [0.15, 0.2) is 11.5 Å². The van der Waals surface area contributed by atoms with E-state index in [1.165, 1.54) is 6.07 Å². The van der Waals surface area contributed by atoms with E-state index >= 15 is 0 Å². The number of aromatic amines is 1. The molecule has 3 N–H and O–H groups in total. The molecular formula is C11H13ClN2O2. The van der Waals surface area contributed by atoms with E-state index in [9.17, 15) is 10.2 Å². The highest BCUT2D eigenvalue weighted by molar-refractivity contribution is 6.36. The molecule has 16 heavy (non-hydrogen) atoms. The highest BCUT2D eigenvalue weighted by Crippen LogP contribution is 2.39. The van der Waals surface area contributed by atoms with Crippen molar-refractivity contribution in [3.8, 4) is 11.5 Å². The van der Waals surface area contributed by atoms with Crippen LogP contribution in [0.15, 0.2) is 6.07 Å². The van der Waals surface area contributed by atoms with Gasteiger partial charge in [-0.15, -0.1) is 0 Å². The zero-order valence-electron chi connectivity index (χ0n) is 9.30. The number of phenols is 2. The van der Waals surface area contributed by atoms with Crippen LogP contribution in [0.2, 0.25) is 5.02 Å². The van der Waals surface area contributed by atoms with Gasteiger partial charge in [-0.2, -0.15) is 0 Å². The summed E-state index contributed by atoms with van der Waals surface area (Å²) in [5.74, 6) is 0.178. The van der Waals surface area contributed by atoms with Crippen LogP contribution >= 0.6 is 11.6 Å². The molecule has 86 valence electrons. The number of rotatable bonds is 0. The van der Waals surface area contributed by atoms with Gasteiger partial charge in [0.05, 0.1) is 11.0 Å². The number of benzene rings is 1. The number of hydrogen-bond donors (Lipinski definition) is 3. The molecule has 0 unspecified atom stereocenters. The lowest BCUT2D eigenvalue weighted by Gasteiger charge is -2.13. The van der Waals surface area contributed by atoms with Crippen LogP contribution in [-0.2, 0) is 5.41 Å². The highest BCUT2D eigenvalue weighted by atomic mass is 35.5. The molecule has 0 fully saturated rings. The summed E-state index contributed by atoms with van der Waals surface area (Å²) in [4.78, 5) is 7.39. The van der Waals surface area contributed by atoms with Crippen molar-refractivity contribution in [2.45, 2.75) is 26.2 Å². The summed E-state index contributed by atoms with van der Waals surface area (Å²) in [6.07, 6.45) is 0. The first-order valence-corrected chi connectivity index (χ1v) is 5.29. The molecular weight excluding hydrogens is 228 g/mol. The summed E-state index contributed by atoms with van der Waals surface area (Å²) in [7, 11) is 0. The van der Waals surface area contributed by atoms with Crippen LogP contribution < -0.4 is 0 Å². The molecule has 0 radical (unpaired) electrons. The third-order valence-electron chi connectivity index (χ3n) is 2.39. The van der Waals surface area contributed by atoms with Gasteiger partial charge in [-0.3, -0.25) is 0 Å². The van der Waals surface area contributed by atoms with Crippen LogP contribution in [0.5, 0.6) is 11.5 Å². The van der Waals surface area contributed by atoms with Crippen LogP contribution in [-0.4, -0.2) is 20.2 Å².